The van der Waals surface area contributed by atoms with Gasteiger partial charge in [0.05, 0.1) is 0 Å². The topological polar surface area (TPSA) is 141 Å². The predicted molar refractivity (Wildman–Crippen MR) is 206 cm³/mol. The highest BCUT2D eigenvalue weighted by atomic mass is 16.5. The fourth-order valence-corrected chi connectivity index (χ4v) is 5.82. The van der Waals surface area contributed by atoms with Crippen LogP contribution in [0.2, 0.25) is 0 Å². The zero-order chi connectivity index (χ0) is 38.2. The van der Waals surface area contributed by atoms with Gasteiger partial charge in [0.2, 0.25) is 5.91 Å². The van der Waals surface area contributed by atoms with Crippen LogP contribution in [0.5, 0.6) is 11.5 Å². The number of nitrogens with zero attached hydrogens (tertiary/aromatic N) is 2. The van der Waals surface area contributed by atoms with Gasteiger partial charge in [-0.25, -0.2) is 14.6 Å². The van der Waals surface area contributed by atoms with Gasteiger partial charge in [0.25, 0.3) is 0 Å². The molecule has 0 saturated carbocycles. The number of phenols is 1. The van der Waals surface area contributed by atoms with Gasteiger partial charge >= 0.3 is 12.1 Å². The molecule has 0 fully saturated rings. The van der Waals surface area contributed by atoms with Gasteiger partial charge in [-0.3, -0.25) is 4.79 Å². The van der Waals surface area contributed by atoms with Crippen molar-refractivity contribution in [2.24, 2.45) is 0 Å². The van der Waals surface area contributed by atoms with Crippen molar-refractivity contribution in [1.29, 1.82) is 0 Å². The molecule has 0 saturated heterocycles. The number of aromatic hydroxyl groups is 1. The molecule has 1 aromatic heterocycles. The summed E-state index contributed by atoms with van der Waals surface area (Å²) in [7, 11) is 0. The third-order valence-corrected chi connectivity index (χ3v) is 8.73. The van der Waals surface area contributed by atoms with Crippen molar-refractivity contribution in [2.45, 2.75) is 51.3 Å². The van der Waals surface area contributed by atoms with E-state index in [1.165, 1.54) is 6.07 Å². The molecule has 0 aliphatic rings. The molecular formula is C44H42N4O7. The number of benzene rings is 5. The van der Waals surface area contributed by atoms with Crippen LogP contribution in [0.4, 0.5) is 4.79 Å². The summed E-state index contributed by atoms with van der Waals surface area (Å²) >= 11 is 0. The first-order valence-electron chi connectivity index (χ1n) is 17.9. The zero-order valence-corrected chi connectivity index (χ0v) is 30.1. The minimum Gasteiger partial charge on any atom is -0.504 e. The number of esters is 1. The van der Waals surface area contributed by atoms with Gasteiger partial charge in [0.1, 0.15) is 37.7 Å². The Kier molecular flexibility index (Phi) is 13.3. The van der Waals surface area contributed by atoms with Crippen LogP contribution >= 0.6 is 0 Å². The molecule has 11 heteroatoms. The lowest BCUT2D eigenvalue weighted by Gasteiger charge is -2.23. The monoisotopic (exact) mass is 738 g/mol. The lowest BCUT2D eigenvalue weighted by Crippen LogP contribution is -2.53. The number of rotatable bonds is 17. The molecule has 3 N–H and O–H groups in total. The number of hydrogen-bond acceptors (Lipinski definition) is 8. The lowest BCUT2D eigenvalue weighted by molar-refractivity contribution is -0.149. The molecule has 0 unspecified atom stereocenters. The van der Waals surface area contributed by atoms with Crippen LogP contribution < -0.4 is 15.4 Å². The number of phenolic OH excluding ortho intramolecular Hbond substituents is 1. The number of hydrogen-bond donors (Lipinski definition) is 3. The number of carbonyl (C=O) groups is 3. The summed E-state index contributed by atoms with van der Waals surface area (Å²) in [6, 6.07) is 40.0. The van der Waals surface area contributed by atoms with E-state index in [-0.39, 0.29) is 44.2 Å². The van der Waals surface area contributed by atoms with Crippen LogP contribution in [0.15, 0.2) is 152 Å². The van der Waals surface area contributed by atoms with Crippen molar-refractivity contribution in [3.05, 3.63) is 186 Å². The maximum absolute atomic E-state index is 14.2. The molecule has 0 aliphatic carbocycles. The van der Waals surface area contributed by atoms with E-state index in [2.05, 4.69) is 15.6 Å². The fourth-order valence-electron chi connectivity index (χ4n) is 5.82. The molecule has 1 heterocycles. The number of ether oxygens (including phenoxy) is 3. The largest absolute Gasteiger partial charge is 0.504 e. The lowest BCUT2D eigenvalue weighted by atomic mass is 10.0. The molecule has 0 spiro atoms. The summed E-state index contributed by atoms with van der Waals surface area (Å²) in [4.78, 5) is 45.6. The van der Waals surface area contributed by atoms with Crippen molar-refractivity contribution < 1.29 is 33.7 Å². The highest BCUT2D eigenvalue weighted by Gasteiger charge is 2.30. The Morgan fingerprint density at radius 1 is 0.618 bits per heavy atom. The molecule has 55 heavy (non-hydrogen) atoms. The van der Waals surface area contributed by atoms with Crippen molar-refractivity contribution in [3.63, 3.8) is 0 Å². The smallest absolute Gasteiger partial charge is 0.408 e. The SMILES string of the molecule is O=C(N[C@@H](Cc1nccn1Cc1ccccc1)C(=O)N[C@@H](Cc1ccc(O)c(OCc2ccccc2)c1)C(=O)OCc1ccccc1)OCc1ccccc1. The number of carbonyl (C=O) groups excluding carboxylic acids is 3. The standard InChI is InChI=1S/C44H42N4O7/c49-39-22-21-36(26-40(39)53-29-33-15-7-2-8-16-33)25-38(43(51)54-30-34-17-9-3-10-18-34)46-42(50)37(47-44(52)55-31-35-19-11-4-12-20-35)27-41-45-23-24-48(41)28-32-13-5-1-6-14-32/h1-24,26,37-38,49H,25,27-31H2,(H,46,50)(H,47,52)/t37-,38-/m0/s1. The summed E-state index contributed by atoms with van der Waals surface area (Å²) < 4.78 is 19.0. The molecule has 5 aromatic carbocycles. The second-order valence-corrected chi connectivity index (χ2v) is 12.9. The van der Waals surface area contributed by atoms with Crippen molar-refractivity contribution in [1.82, 2.24) is 20.2 Å². The summed E-state index contributed by atoms with van der Waals surface area (Å²) in [5.74, 6) is -0.652. The van der Waals surface area contributed by atoms with Crippen LogP contribution in [0, 0.1) is 0 Å². The maximum Gasteiger partial charge on any atom is 0.408 e. The summed E-state index contributed by atoms with van der Waals surface area (Å²) in [6.45, 7) is 0.683. The highest BCUT2D eigenvalue weighted by Crippen LogP contribution is 2.28. The molecule has 2 atom stereocenters. The van der Waals surface area contributed by atoms with Crippen LogP contribution in [0.3, 0.4) is 0 Å². The number of aromatic nitrogens is 2. The van der Waals surface area contributed by atoms with Gasteiger partial charge in [-0.1, -0.05) is 127 Å². The van der Waals surface area contributed by atoms with Crippen molar-refractivity contribution in [2.75, 3.05) is 0 Å². The first-order chi connectivity index (χ1) is 26.9. The van der Waals surface area contributed by atoms with E-state index < -0.39 is 30.1 Å². The van der Waals surface area contributed by atoms with E-state index in [0.29, 0.717) is 17.9 Å². The van der Waals surface area contributed by atoms with Crippen LogP contribution in [0.25, 0.3) is 0 Å². The summed E-state index contributed by atoms with van der Waals surface area (Å²) in [6.07, 6.45) is 2.61. The molecule has 280 valence electrons. The van der Waals surface area contributed by atoms with E-state index in [4.69, 9.17) is 14.2 Å². The highest BCUT2D eigenvalue weighted by molar-refractivity contribution is 5.90. The van der Waals surface area contributed by atoms with E-state index in [0.717, 1.165) is 22.3 Å². The van der Waals surface area contributed by atoms with Crippen LogP contribution in [-0.4, -0.2) is 44.7 Å². The normalized spacial score (nSPS) is 11.9. The molecule has 0 radical (unpaired) electrons. The Bertz CT molecular complexity index is 2130. The zero-order valence-electron chi connectivity index (χ0n) is 30.1. The third kappa shape index (κ3) is 11.6. The molecular weight excluding hydrogens is 697 g/mol. The average Bonchev–Trinajstić information content (AvgIpc) is 3.66. The second kappa shape index (κ2) is 19.3. The average molecular weight is 739 g/mol. The molecule has 11 nitrogen and oxygen atoms in total. The first kappa shape index (κ1) is 37.9. The number of nitrogens with one attached hydrogen (secondary N) is 2. The Balaban J connectivity index is 1.22. The van der Waals surface area contributed by atoms with Gasteiger partial charge in [0, 0.05) is 31.8 Å². The molecule has 2 amide bonds. The van der Waals surface area contributed by atoms with Crippen molar-refractivity contribution in [3.8, 4) is 11.5 Å². The van der Waals surface area contributed by atoms with Gasteiger partial charge in [-0.2, -0.15) is 0 Å². The Morgan fingerprint density at radius 2 is 1.18 bits per heavy atom. The molecule has 6 aromatic rings. The number of imidazole rings is 1. The van der Waals surface area contributed by atoms with E-state index in [1.54, 1.807) is 24.5 Å². The fraction of sp³-hybridized carbons (Fsp3) is 0.182. The summed E-state index contributed by atoms with van der Waals surface area (Å²) in [5.41, 5.74) is 4.08. The number of amides is 2. The van der Waals surface area contributed by atoms with E-state index >= 15 is 0 Å². The first-order valence-corrected chi connectivity index (χ1v) is 17.9. The molecule has 0 bridgehead atoms. The third-order valence-electron chi connectivity index (χ3n) is 8.73. The minimum atomic E-state index is -1.19. The predicted octanol–water partition coefficient (Wildman–Crippen LogP) is 6.52. The second-order valence-electron chi connectivity index (χ2n) is 12.9. The molecule has 0 aliphatic heterocycles. The van der Waals surface area contributed by atoms with Gasteiger partial charge in [0.15, 0.2) is 11.5 Å². The van der Waals surface area contributed by atoms with Crippen molar-refractivity contribution >= 4 is 18.0 Å². The minimum absolute atomic E-state index is 0.00481. The maximum atomic E-state index is 14.2. The Hall–Kier alpha value is -6.88. The Morgan fingerprint density at radius 3 is 1.80 bits per heavy atom. The van der Waals surface area contributed by atoms with Gasteiger partial charge in [-0.05, 0) is 39.9 Å². The number of alkyl carbamates (subject to hydrolysis) is 1. The Labute approximate surface area is 319 Å². The van der Waals surface area contributed by atoms with E-state index in [1.807, 2.05) is 126 Å². The quantitative estimate of drug-likeness (QED) is 0.0899. The van der Waals surface area contributed by atoms with E-state index in [9.17, 15) is 19.5 Å². The van der Waals surface area contributed by atoms with Crippen LogP contribution in [0.1, 0.15) is 33.6 Å². The summed E-state index contributed by atoms with van der Waals surface area (Å²) in [5, 5.41) is 16.1. The molecule has 6 rings (SSSR count). The van der Waals surface area contributed by atoms with Gasteiger partial charge < -0.3 is 34.5 Å². The van der Waals surface area contributed by atoms with Gasteiger partial charge in [-0.15, -0.1) is 0 Å². The van der Waals surface area contributed by atoms with Crippen LogP contribution in [-0.2, 0) is 58.3 Å².